The van der Waals surface area contributed by atoms with Crippen LogP contribution in [0.15, 0.2) is 69.9 Å². The van der Waals surface area contributed by atoms with Crippen molar-refractivity contribution in [1.82, 2.24) is 14.9 Å². The summed E-state index contributed by atoms with van der Waals surface area (Å²) in [6.45, 7) is 4.96. The van der Waals surface area contributed by atoms with Gasteiger partial charge in [-0.3, -0.25) is 14.2 Å². The summed E-state index contributed by atoms with van der Waals surface area (Å²) < 4.78 is 2.29. The van der Waals surface area contributed by atoms with Crippen LogP contribution in [0.4, 0.5) is 0 Å². The van der Waals surface area contributed by atoms with Gasteiger partial charge in [0.25, 0.3) is 5.56 Å². The maximum absolute atomic E-state index is 13.1. The molecule has 31 heavy (non-hydrogen) atoms. The Labute approximate surface area is 189 Å². The second-order valence-electron chi connectivity index (χ2n) is 7.19. The van der Waals surface area contributed by atoms with E-state index in [9.17, 15) is 9.59 Å². The molecule has 1 N–H and O–H groups in total. The first-order chi connectivity index (χ1) is 15.1. The highest BCUT2D eigenvalue weighted by Gasteiger charge is 2.17. The highest BCUT2D eigenvalue weighted by atomic mass is 32.2. The molecule has 0 aliphatic carbocycles. The molecule has 2 aromatic carbocycles. The molecule has 0 saturated carbocycles. The molecule has 7 heteroatoms. The van der Waals surface area contributed by atoms with Gasteiger partial charge in [-0.05, 0) is 25.0 Å². The fraction of sp³-hybridized carbons (Fsp3) is 0.208. The van der Waals surface area contributed by atoms with Crippen LogP contribution in [0.5, 0.6) is 0 Å². The highest BCUT2D eigenvalue weighted by molar-refractivity contribution is 7.99. The van der Waals surface area contributed by atoms with Crippen LogP contribution in [0, 0.1) is 6.92 Å². The number of carbonyl (C=O) groups excluding carboxylic acids is 1. The standard InChI is InChI=1S/C24H23N3O2S2/c1-3-27-23(29)22-21(19(14-30-22)18-11-9-16(2)10-12-18)26-24(27)31-15-20(28)25-13-17-7-5-4-6-8-17/h4-12,14H,3,13,15H2,1-2H3,(H,25,28). The van der Waals surface area contributed by atoms with Crippen LogP contribution in [0.1, 0.15) is 18.1 Å². The van der Waals surface area contributed by atoms with E-state index in [0.29, 0.717) is 28.5 Å². The van der Waals surface area contributed by atoms with Crippen LogP contribution < -0.4 is 10.9 Å². The minimum Gasteiger partial charge on any atom is -0.351 e. The lowest BCUT2D eigenvalue weighted by molar-refractivity contribution is -0.118. The Balaban J connectivity index is 1.57. The molecule has 0 aliphatic rings. The summed E-state index contributed by atoms with van der Waals surface area (Å²) in [7, 11) is 0. The van der Waals surface area contributed by atoms with Crippen molar-refractivity contribution in [3.8, 4) is 11.1 Å². The Morgan fingerprint density at radius 1 is 1.13 bits per heavy atom. The number of thiophene rings is 1. The Bertz CT molecular complexity index is 1260. The molecule has 5 nitrogen and oxygen atoms in total. The van der Waals surface area contributed by atoms with Crippen LogP contribution in [0.25, 0.3) is 21.3 Å². The first kappa shape index (κ1) is 21.3. The summed E-state index contributed by atoms with van der Waals surface area (Å²) in [6.07, 6.45) is 0. The Hall–Kier alpha value is -2.90. The maximum atomic E-state index is 13.1. The molecule has 0 saturated heterocycles. The van der Waals surface area contributed by atoms with Crippen molar-refractivity contribution in [2.45, 2.75) is 32.1 Å². The zero-order valence-corrected chi connectivity index (χ0v) is 19.1. The van der Waals surface area contributed by atoms with Crippen molar-refractivity contribution in [1.29, 1.82) is 0 Å². The number of aromatic nitrogens is 2. The van der Waals surface area contributed by atoms with Gasteiger partial charge in [0.05, 0.1) is 11.3 Å². The smallest absolute Gasteiger partial charge is 0.272 e. The third kappa shape index (κ3) is 4.73. The number of benzene rings is 2. The van der Waals surface area contributed by atoms with Gasteiger partial charge >= 0.3 is 0 Å². The molecule has 0 unspecified atom stereocenters. The van der Waals surface area contributed by atoms with Gasteiger partial charge in [0, 0.05) is 24.0 Å². The van der Waals surface area contributed by atoms with Crippen molar-refractivity contribution in [3.05, 3.63) is 81.5 Å². The Morgan fingerprint density at radius 2 is 1.87 bits per heavy atom. The lowest BCUT2D eigenvalue weighted by atomic mass is 10.1. The molecule has 0 bridgehead atoms. The van der Waals surface area contributed by atoms with Gasteiger partial charge in [-0.15, -0.1) is 11.3 Å². The number of hydrogen-bond acceptors (Lipinski definition) is 5. The van der Waals surface area contributed by atoms with Crippen molar-refractivity contribution < 1.29 is 4.79 Å². The van der Waals surface area contributed by atoms with E-state index >= 15 is 0 Å². The number of hydrogen-bond donors (Lipinski definition) is 1. The second kappa shape index (κ2) is 9.49. The van der Waals surface area contributed by atoms with Crippen LogP contribution in [0.2, 0.25) is 0 Å². The van der Waals surface area contributed by atoms with Crippen molar-refractivity contribution in [3.63, 3.8) is 0 Å². The fourth-order valence-electron chi connectivity index (χ4n) is 3.28. The zero-order chi connectivity index (χ0) is 21.8. The molecule has 4 rings (SSSR count). The van der Waals surface area contributed by atoms with Gasteiger partial charge < -0.3 is 5.32 Å². The van der Waals surface area contributed by atoms with Crippen LogP contribution in [-0.2, 0) is 17.9 Å². The van der Waals surface area contributed by atoms with E-state index in [2.05, 4.69) is 17.4 Å². The van der Waals surface area contributed by atoms with Crippen LogP contribution in [0.3, 0.4) is 0 Å². The van der Waals surface area contributed by atoms with Crippen molar-refractivity contribution in [2.24, 2.45) is 0 Å². The van der Waals surface area contributed by atoms with E-state index in [4.69, 9.17) is 4.98 Å². The molecule has 2 heterocycles. The summed E-state index contributed by atoms with van der Waals surface area (Å²) in [5.41, 5.74) is 4.87. The molecule has 0 fully saturated rings. The largest absolute Gasteiger partial charge is 0.351 e. The molecule has 1 amide bonds. The predicted octanol–water partition coefficient (Wildman–Crippen LogP) is 4.86. The molecular weight excluding hydrogens is 426 g/mol. The topological polar surface area (TPSA) is 64.0 Å². The fourth-order valence-corrected chi connectivity index (χ4v) is 5.13. The van der Waals surface area contributed by atoms with Gasteiger partial charge in [-0.1, -0.05) is 71.9 Å². The maximum Gasteiger partial charge on any atom is 0.272 e. The minimum absolute atomic E-state index is 0.0527. The van der Waals surface area contributed by atoms with E-state index in [1.165, 1.54) is 28.7 Å². The van der Waals surface area contributed by atoms with Gasteiger partial charge in [0.15, 0.2) is 5.16 Å². The molecular formula is C24H23N3O2S2. The number of amides is 1. The SMILES string of the molecule is CCn1c(SCC(=O)NCc2ccccc2)nc2c(-c3ccc(C)cc3)csc2c1=O. The Morgan fingerprint density at radius 3 is 2.58 bits per heavy atom. The third-order valence-corrected chi connectivity index (χ3v) is 6.92. The van der Waals surface area contributed by atoms with Gasteiger partial charge in [-0.2, -0.15) is 0 Å². The van der Waals surface area contributed by atoms with E-state index in [-0.39, 0.29) is 17.2 Å². The number of fused-ring (bicyclic) bond motifs is 1. The number of rotatable bonds is 7. The average molecular weight is 450 g/mol. The Kier molecular flexibility index (Phi) is 6.53. The number of aryl methyl sites for hydroxylation is 1. The quantitative estimate of drug-likeness (QED) is 0.323. The lowest BCUT2D eigenvalue weighted by Crippen LogP contribution is -2.26. The first-order valence-corrected chi connectivity index (χ1v) is 12.0. The number of nitrogens with one attached hydrogen (secondary N) is 1. The number of thioether (sulfide) groups is 1. The lowest BCUT2D eigenvalue weighted by Gasteiger charge is -2.11. The second-order valence-corrected chi connectivity index (χ2v) is 9.01. The summed E-state index contributed by atoms with van der Waals surface area (Å²) in [4.78, 5) is 30.2. The van der Waals surface area contributed by atoms with Gasteiger partial charge in [0.1, 0.15) is 4.70 Å². The van der Waals surface area contributed by atoms with E-state index in [0.717, 1.165) is 16.7 Å². The first-order valence-electron chi connectivity index (χ1n) is 10.1. The molecule has 0 atom stereocenters. The zero-order valence-electron chi connectivity index (χ0n) is 17.4. The van der Waals surface area contributed by atoms with Crippen LogP contribution in [-0.4, -0.2) is 21.2 Å². The number of nitrogens with zero attached hydrogens (tertiary/aromatic N) is 2. The normalized spacial score (nSPS) is 11.0. The average Bonchev–Trinajstić information content (AvgIpc) is 3.22. The highest BCUT2D eigenvalue weighted by Crippen LogP contribution is 2.32. The molecule has 0 spiro atoms. The van der Waals surface area contributed by atoms with E-state index in [1.807, 2.05) is 61.7 Å². The molecule has 158 valence electrons. The minimum atomic E-state index is -0.0880. The molecule has 0 radical (unpaired) electrons. The molecule has 2 aromatic heterocycles. The summed E-state index contributed by atoms with van der Waals surface area (Å²) >= 11 is 2.72. The summed E-state index contributed by atoms with van der Waals surface area (Å²) in [5, 5.41) is 5.48. The number of carbonyl (C=O) groups is 1. The van der Waals surface area contributed by atoms with Crippen molar-refractivity contribution >= 4 is 39.2 Å². The monoisotopic (exact) mass is 449 g/mol. The summed E-state index contributed by atoms with van der Waals surface area (Å²) in [5.74, 6) is 0.115. The molecule has 4 aromatic rings. The van der Waals surface area contributed by atoms with Gasteiger partial charge in [-0.25, -0.2) is 4.98 Å². The van der Waals surface area contributed by atoms with Crippen molar-refractivity contribution in [2.75, 3.05) is 5.75 Å². The predicted molar refractivity (Wildman–Crippen MR) is 129 cm³/mol. The third-order valence-electron chi connectivity index (χ3n) is 4.99. The molecule has 0 aliphatic heterocycles. The van der Waals surface area contributed by atoms with Crippen LogP contribution >= 0.6 is 23.1 Å². The summed E-state index contributed by atoms with van der Waals surface area (Å²) in [6, 6.07) is 18.0. The van der Waals surface area contributed by atoms with Gasteiger partial charge in [0.2, 0.25) is 5.91 Å². The van der Waals surface area contributed by atoms with E-state index in [1.54, 1.807) is 4.57 Å². The van der Waals surface area contributed by atoms with E-state index < -0.39 is 0 Å².